The minimum atomic E-state index is -0.0700. The zero-order valence-corrected chi connectivity index (χ0v) is 9.78. The largest absolute Gasteiger partial charge is 0.504 e. The minimum Gasteiger partial charge on any atom is -0.504 e. The van der Waals surface area contributed by atoms with Crippen LogP contribution in [-0.4, -0.2) is 23.3 Å². The first-order chi connectivity index (χ1) is 8.31. The van der Waals surface area contributed by atoms with E-state index >= 15 is 0 Å². The Morgan fingerprint density at radius 1 is 1.35 bits per heavy atom. The maximum atomic E-state index is 9.93. The fourth-order valence-electron chi connectivity index (χ4n) is 3.98. The number of fused-ring (bicyclic) bond motifs is 2. The van der Waals surface area contributed by atoms with Gasteiger partial charge in [-0.15, -0.1) is 0 Å². The molecule has 1 saturated carbocycles. The summed E-state index contributed by atoms with van der Waals surface area (Å²) in [6.07, 6.45) is 4.84. The van der Waals surface area contributed by atoms with Crippen molar-refractivity contribution in [1.82, 2.24) is 5.32 Å². The third-order valence-corrected chi connectivity index (χ3v) is 4.75. The van der Waals surface area contributed by atoms with Crippen molar-refractivity contribution in [3.05, 3.63) is 23.8 Å². The number of para-hydroxylation sites is 1. The average molecular weight is 231 g/mol. The molecule has 0 amide bonds. The SMILES string of the molecule is Oc1cccc2c1OC13CCCCC1NCC23. The van der Waals surface area contributed by atoms with Gasteiger partial charge in [0.2, 0.25) is 0 Å². The normalized spacial score (nSPS) is 38.1. The van der Waals surface area contributed by atoms with Crippen molar-refractivity contribution < 1.29 is 9.84 Å². The van der Waals surface area contributed by atoms with Crippen LogP contribution in [0.25, 0.3) is 0 Å². The van der Waals surface area contributed by atoms with Crippen LogP contribution in [-0.2, 0) is 0 Å². The van der Waals surface area contributed by atoms with Crippen LogP contribution in [0.15, 0.2) is 18.2 Å². The van der Waals surface area contributed by atoms with Gasteiger partial charge in [-0.1, -0.05) is 18.6 Å². The number of hydrogen-bond acceptors (Lipinski definition) is 3. The lowest BCUT2D eigenvalue weighted by atomic mass is 9.74. The van der Waals surface area contributed by atoms with E-state index in [4.69, 9.17) is 4.74 Å². The number of hydrogen-bond donors (Lipinski definition) is 2. The molecule has 3 nitrogen and oxygen atoms in total. The van der Waals surface area contributed by atoms with Crippen molar-refractivity contribution in [2.24, 2.45) is 0 Å². The van der Waals surface area contributed by atoms with E-state index in [0.29, 0.717) is 17.7 Å². The molecule has 3 heteroatoms. The molecule has 17 heavy (non-hydrogen) atoms. The van der Waals surface area contributed by atoms with Crippen LogP contribution in [0.5, 0.6) is 11.5 Å². The maximum absolute atomic E-state index is 9.93. The molecule has 0 bridgehead atoms. The van der Waals surface area contributed by atoms with E-state index in [-0.39, 0.29) is 5.60 Å². The van der Waals surface area contributed by atoms with E-state index in [1.807, 2.05) is 6.07 Å². The highest BCUT2D eigenvalue weighted by atomic mass is 16.5. The van der Waals surface area contributed by atoms with Gasteiger partial charge in [-0.05, 0) is 25.3 Å². The lowest BCUT2D eigenvalue weighted by Gasteiger charge is -2.38. The van der Waals surface area contributed by atoms with Crippen LogP contribution in [0, 0.1) is 0 Å². The Morgan fingerprint density at radius 2 is 2.29 bits per heavy atom. The third kappa shape index (κ3) is 1.10. The lowest BCUT2D eigenvalue weighted by Crippen LogP contribution is -2.49. The van der Waals surface area contributed by atoms with Crippen LogP contribution in [0.1, 0.15) is 37.2 Å². The third-order valence-electron chi connectivity index (χ3n) is 4.75. The second kappa shape index (κ2) is 3.16. The zero-order chi connectivity index (χ0) is 11.5. The van der Waals surface area contributed by atoms with Crippen molar-refractivity contribution in [3.63, 3.8) is 0 Å². The van der Waals surface area contributed by atoms with Gasteiger partial charge >= 0.3 is 0 Å². The lowest BCUT2D eigenvalue weighted by molar-refractivity contribution is 0.0306. The molecule has 2 fully saturated rings. The van der Waals surface area contributed by atoms with Crippen molar-refractivity contribution in [3.8, 4) is 11.5 Å². The Labute approximate surface area is 101 Å². The summed E-state index contributed by atoms with van der Waals surface area (Å²) in [5.41, 5.74) is 1.13. The van der Waals surface area contributed by atoms with E-state index < -0.39 is 0 Å². The second-order valence-electron chi connectivity index (χ2n) is 5.51. The Balaban J connectivity index is 1.84. The topological polar surface area (TPSA) is 41.5 Å². The summed E-state index contributed by atoms with van der Waals surface area (Å²) in [4.78, 5) is 0. The first-order valence-corrected chi connectivity index (χ1v) is 6.55. The molecule has 0 radical (unpaired) electrons. The summed E-state index contributed by atoms with van der Waals surface area (Å²) in [6, 6.07) is 6.22. The number of nitrogens with one attached hydrogen (secondary N) is 1. The van der Waals surface area contributed by atoms with Gasteiger partial charge in [0.25, 0.3) is 0 Å². The van der Waals surface area contributed by atoms with Crippen LogP contribution >= 0.6 is 0 Å². The highest BCUT2D eigenvalue weighted by molar-refractivity contribution is 5.53. The smallest absolute Gasteiger partial charge is 0.165 e. The first kappa shape index (κ1) is 9.77. The van der Waals surface area contributed by atoms with Gasteiger partial charge in [-0.3, -0.25) is 0 Å². The van der Waals surface area contributed by atoms with Crippen LogP contribution < -0.4 is 10.1 Å². The maximum Gasteiger partial charge on any atom is 0.165 e. The van der Waals surface area contributed by atoms with Crippen molar-refractivity contribution in [1.29, 1.82) is 0 Å². The van der Waals surface area contributed by atoms with Crippen molar-refractivity contribution >= 4 is 0 Å². The number of benzene rings is 1. The molecule has 3 atom stereocenters. The fraction of sp³-hybridized carbons (Fsp3) is 0.571. The molecule has 1 aromatic rings. The van der Waals surface area contributed by atoms with Crippen LogP contribution in [0.3, 0.4) is 0 Å². The summed E-state index contributed by atoms with van der Waals surface area (Å²) in [6.45, 7) is 0.987. The van der Waals surface area contributed by atoms with E-state index in [9.17, 15) is 5.11 Å². The Hall–Kier alpha value is -1.22. The number of rotatable bonds is 0. The molecule has 2 N–H and O–H groups in total. The van der Waals surface area contributed by atoms with Crippen molar-refractivity contribution in [2.75, 3.05) is 6.54 Å². The molecule has 0 aromatic heterocycles. The molecule has 1 saturated heterocycles. The predicted octanol–water partition coefficient (Wildman–Crippen LogP) is 2.15. The van der Waals surface area contributed by atoms with E-state index in [0.717, 1.165) is 18.7 Å². The van der Waals surface area contributed by atoms with Gasteiger partial charge in [0.05, 0.1) is 0 Å². The number of phenolic OH excluding ortho intramolecular Hbond substituents is 1. The molecular weight excluding hydrogens is 214 g/mol. The molecule has 1 aliphatic carbocycles. The average Bonchev–Trinajstić information content (AvgIpc) is 2.83. The van der Waals surface area contributed by atoms with Gasteiger partial charge in [-0.2, -0.15) is 0 Å². The monoisotopic (exact) mass is 231 g/mol. The van der Waals surface area contributed by atoms with E-state index in [1.165, 1.54) is 24.8 Å². The van der Waals surface area contributed by atoms with Gasteiger partial charge < -0.3 is 15.2 Å². The molecule has 90 valence electrons. The summed E-state index contributed by atoms with van der Waals surface area (Å²) >= 11 is 0. The number of ether oxygens (including phenoxy) is 1. The quantitative estimate of drug-likeness (QED) is 0.719. The summed E-state index contributed by atoms with van der Waals surface area (Å²) in [5, 5.41) is 13.5. The Bertz CT molecular complexity index is 473. The molecule has 2 heterocycles. The minimum absolute atomic E-state index is 0.0700. The number of aromatic hydroxyl groups is 1. The Kier molecular flexibility index (Phi) is 1.82. The number of phenols is 1. The molecule has 3 unspecified atom stereocenters. The van der Waals surface area contributed by atoms with Crippen LogP contribution in [0.4, 0.5) is 0 Å². The summed E-state index contributed by atoms with van der Waals surface area (Å²) in [7, 11) is 0. The molecule has 4 rings (SSSR count). The molecule has 1 aromatic carbocycles. The highest BCUT2D eigenvalue weighted by Gasteiger charge is 2.58. The van der Waals surface area contributed by atoms with Crippen molar-refractivity contribution in [2.45, 2.75) is 43.2 Å². The molecule has 2 aliphatic heterocycles. The highest BCUT2D eigenvalue weighted by Crippen LogP contribution is 2.56. The van der Waals surface area contributed by atoms with Gasteiger partial charge in [-0.25, -0.2) is 0 Å². The second-order valence-corrected chi connectivity index (χ2v) is 5.51. The zero-order valence-electron chi connectivity index (χ0n) is 9.78. The molecular formula is C14H17NO2. The van der Waals surface area contributed by atoms with Gasteiger partial charge in [0, 0.05) is 24.1 Å². The summed E-state index contributed by atoms with van der Waals surface area (Å²) < 4.78 is 6.24. The van der Waals surface area contributed by atoms with Crippen LogP contribution in [0.2, 0.25) is 0 Å². The van der Waals surface area contributed by atoms with E-state index in [2.05, 4.69) is 11.4 Å². The van der Waals surface area contributed by atoms with Gasteiger partial charge in [0.1, 0.15) is 5.60 Å². The van der Waals surface area contributed by atoms with Gasteiger partial charge in [0.15, 0.2) is 11.5 Å². The first-order valence-electron chi connectivity index (χ1n) is 6.55. The predicted molar refractivity (Wildman–Crippen MR) is 64.5 cm³/mol. The molecule has 3 aliphatic rings. The van der Waals surface area contributed by atoms with E-state index in [1.54, 1.807) is 6.07 Å². The molecule has 1 spiro atoms. The Morgan fingerprint density at radius 3 is 3.24 bits per heavy atom. The standard InChI is InChI=1S/C14H17NO2/c16-11-5-3-4-9-10-8-15-12-6-1-2-7-14(10,12)17-13(9)11/h3-5,10,12,15-16H,1-2,6-8H2. The summed E-state index contributed by atoms with van der Waals surface area (Å²) in [5.74, 6) is 1.47. The fourth-order valence-corrected chi connectivity index (χ4v) is 3.98.